The van der Waals surface area contributed by atoms with E-state index in [0.717, 1.165) is 24.3 Å². The highest BCUT2D eigenvalue weighted by Gasteiger charge is 2.03. The summed E-state index contributed by atoms with van der Waals surface area (Å²) in [5, 5.41) is 4.75. The zero-order chi connectivity index (χ0) is 12.3. The predicted octanol–water partition coefficient (Wildman–Crippen LogP) is 3.29. The fourth-order valence-corrected chi connectivity index (χ4v) is 2.04. The Bertz CT molecular complexity index is 503. The molecular formula is C15H20N2. The van der Waals surface area contributed by atoms with Gasteiger partial charge in [-0.05, 0) is 37.1 Å². The number of nitrogens with one attached hydrogen (secondary N) is 1. The molecule has 0 spiro atoms. The molecule has 0 radical (unpaired) electrons. The van der Waals surface area contributed by atoms with E-state index in [4.69, 9.17) is 0 Å². The maximum absolute atomic E-state index is 4.55. The van der Waals surface area contributed by atoms with Crippen molar-refractivity contribution in [3.05, 3.63) is 41.6 Å². The largest absolute Gasteiger partial charge is 0.312 e. The van der Waals surface area contributed by atoms with Gasteiger partial charge in [-0.25, -0.2) is 0 Å². The van der Waals surface area contributed by atoms with Crippen LogP contribution in [0.4, 0.5) is 0 Å². The molecule has 0 aliphatic heterocycles. The van der Waals surface area contributed by atoms with Gasteiger partial charge in [-0.1, -0.05) is 32.0 Å². The van der Waals surface area contributed by atoms with Gasteiger partial charge < -0.3 is 5.32 Å². The SMILES string of the molecule is Cc1cc(CNCC(C)C)c2ccccc2n1. The third-order valence-electron chi connectivity index (χ3n) is 2.80. The van der Waals surface area contributed by atoms with Crippen LogP contribution in [0.2, 0.25) is 0 Å². The second-order valence-electron chi connectivity index (χ2n) is 4.96. The molecular weight excluding hydrogens is 208 g/mol. The van der Waals surface area contributed by atoms with Crippen LogP contribution in [0.25, 0.3) is 10.9 Å². The number of fused-ring (bicyclic) bond motifs is 1. The highest BCUT2D eigenvalue weighted by Crippen LogP contribution is 2.17. The van der Waals surface area contributed by atoms with Crippen LogP contribution in [-0.2, 0) is 6.54 Å². The molecule has 1 N–H and O–H groups in total. The Morgan fingerprint density at radius 1 is 1.24 bits per heavy atom. The van der Waals surface area contributed by atoms with E-state index in [1.54, 1.807) is 0 Å². The van der Waals surface area contributed by atoms with Crippen LogP contribution in [0.1, 0.15) is 25.1 Å². The van der Waals surface area contributed by atoms with Crippen LogP contribution >= 0.6 is 0 Å². The molecule has 2 nitrogen and oxygen atoms in total. The van der Waals surface area contributed by atoms with Crippen LogP contribution in [0, 0.1) is 12.8 Å². The topological polar surface area (TPSA) is 24.9 Å². The number of benzene rings is 1. The maximum atomic E-state index is 4.55. The number of pyridine rings is 1. The lowest BCUT2D eigenvalue weighted by Crippen LogP contribution is -2.19. The van der Waals surface area contributed by atoms with Gasteiger partial charge in [-0.2, -0.15) is 0 Å². The lowest BCUT2D eigenvalue weighted by atomic mass is 10.1. The van der Waals surface area contributed by atoms with E-state index < -0.39 is 0 Å². The maximum Gasteiger partial charge on any atom is 0.0708 e. The molecule has 2 heteroatoms. The van der Waals surface area contributed by atoms with Crippen molar-refractivity contribution in [3.63, 3.8) is 0 Å². The summed E-state index contributed by atoms with van der Waals surface area (Å²) in [4.78, 5) is 4.55. The summed E-state index contributed by atoms with van der Waals surface area (Å²) in [6, 6.07) is 10.5. The molecule has 0 saturated carbocycles. The Hall–Kier alpha value is -1.41. The number of hydrogen-bond donors (Lipinski definition) is 1. The number of aryl methyl sites for hydroxylation is 1. The van der Waals surface area contributed by atoms with Gasteiger partial charge in [0.15, 0.2) is 0 Å². The predicted molar refractivity (Wildman–Crippen MR) is 73.0 cm³/mol. The smallest absolute Gasteiger partial charge is 0.0708 e. The van der Waals surface area contributed by atoms with Gasteiger partial charge in [0.25, 0.3) is 0 Å². The monoisotopic (exact) mass is 228 g/mol. The van der Waals surface area contributed by atoms with Crippen molar-refractivity contribution in [2.24, 2.45) is 5.92 Å². The van der Waals surface area contributed by atoms with E-state index in [1.807, 2.05) is 6.07 Å². The Balaban J connectivity index is 2.26. The first-order chi connectivity index (χ1) is 8.16. The fraction of sp³-hybridized carbons (Fsp3) is 0.400. The fourth-order valence-electron chi connectivity index (χ4n) is 2.04. The molecule has 0 amide bonds. The van der Waals surface area contributed by atoms with E-state index in [-0.39, 0.29) is 0 Å². The van der Waals surface area contributed by atoms with E-state index in [1.165, 1.54) is 10.9 Å². The van der Waals surface area contributed by atoms with Gasteiger partial charge >= 0.3 is 0 Å². The van der Waals surface area contributed by atoms with E-state index in [0.29, 0.717) is 5.92 Å². The minimum atomic E-state index is 0.684. The van der Waals surface area contributed by atoms with Gasteiger partial charge in [0.2, 0.25) is 0 Å². The van der Waals surface area contributed by atoms with Crippen LogP contribution in [0.5, 0.6) is 0 Å². The Morgan fingerprint density at radius 3 is 2.76 bits per heavy atom. The summed E-state index contributed by atoms with van der Waals surface area (Å²) in [6.07, 6.45) is 0. The molecule has 2 aromatic rings. The van der Waals surface area contributed by atoms with Crippen molar-refractivity contribution >= 4 is 10.9 Å². The normalized spacial score (nSPS) is 11.3. The number of para-hydroxylation sites is 1. The van der Waals surface area contributed by atoms with E-state index in [9.17, 15) is 0 Å². The van der Waals surface area contributed by atoms with Gasteiger partial charge in [-0.3, -0.25) is 4.98 Å². The molecule has 1 aromatic heterocycles. The minimum absolute atomic E-state index is 0.684. The van der Waals surface area contributed by atoms with Gasteiger partial charge in [0, 0.05) is 17.6 Å². The molecule has 1 heterocycles. The molecule has 90 valence electrons. The van der Waals surface area contributed by atoms with Crippen molar-refractivity contribution in [1.29, 1.82) is 0 Å². The molecule has 1 aromatic carbocycles. The van der Waals surface area contributed by atoms with Crippen molar-refractivity contribution in [1.82, 2.24) is 10.3 Å². The first-order valence-corrected chi connectivity index (χ1v) is 6.23. The van der Waals surface area contributed by atoms with Crippen molar-refractivity contribution in [3.8, 4) is 0 Å². The zero-order valence-electron chi connectivity index (χ0n) is 10.8. The van der Waals surface area contributed by atoms with Crippen LogP contribution < -0.4 is 5.32 Å². The number of hydrogen-bond acceptors (Lipinski definition) is 2. The average molecular weight is 228 g/mol. The number of nitrogens with zero attached hydrogens (tertiary/aromatic N) is 1. The van der Waals surface area contributed by atoms with Crippen molar-refractivity contribution < 1.29 is 0 Å². The quantitative estimate of drug-likeness (QED) is 0.868. The van der Waals surface area contributed by atoms with Crippen molar-refractivity contribution in [2.75, 3.05) is 6.54 Å². The molecule has 0 atom stereocenters. The first kappa shape index (κ1) is 12.1. The lowest BCUT2D eigenvalue weighted by Gasteiger charge is -2.10. The van der Waals surface area contributed by atoms with Crippen molar-refractivity contribution in [2.45, 2.75) is 27.3 Å². The molecule has 17 heavy (non-hydrogen) atoms. The standard InChI is InChI=1S/C15H20N2/c1-11(2)9-16-10-13-8-12(3)17-15-7-5-4-6-14(13)15/h4-8,11,16H,9-10H2,1-3H3. The Kier molecular flexibility index (Phi) is 3.75. The van der Waals surface area contributed by atoms with Gasteiger partial charge in [0.1, 0.15) is 0 Å². The Labute approximate surface area is 103 Å². The third kappa shape index (κ3) is 3.04. The second kappa shape index (κ2) is 5.28. The Morgan fingerprint density at radius 2 is 2.00 bits per heavy atom. The average Bonchev–Trinajstić information content (AvgIpc) is 2.28. The summed E-state index contributed by atoms with van der Waals surface area (Å²) < 4.78 is 0. The number of rotatable bonds is 4. The zero-order valence-corrected chi connectivity index (χ0v) is 10.8. The van der Waals surface area contributed by atoms with Gasteiger partial charge in [-0.15, -0.1) is 0 Å². The minimum Gasteiger partial charge on any atom is -0.312 e. The molecule has 0 aliphatic carbocycles. The van der Waals surface area contributed by atoms with Crippen LogP contribution in [-0.4, -0.2) is 11.5 Å². The summed E-state index contributed by atoms with van der Waals surface area (Å²) in [5.74, 6) is 0.684. The summed E-state index contributed by atoms with van der Waals surface area (Å²) in [5.41, 5.74) is 3.52. The van der Waals surface area contributed by atoms with Crippen LogP contribution in [0.15, 0.2) is 30.3 Å². The first-order valence-electron chi connectivity index (χ1n) is 6.23. The highest BCUT2D eigenvalue weighted by atomic mass is 14.9. The summed E-state index contributed by atoms with van der Waals surface area (Å²) in [6.45, 7) is 8.47. The molecule has 0 fully saturated rings. The lowest BCUT2D eigenvalue weighted by molar-refractivity contribution is 0.553. The number of aromatic nitrogens is 1. The third-order valence-corrected chi connectivity index (χ3v) is 2.80. The summed E-state index contributed by atoms with van der Waals surface area (Å²) >= 11 is 0. The molecule has 0 saturated heterocycles. The molecule has 2 rings (SSSR count). The van der Waals surface area contributed by atoms with Crippen LogP contribution in [0.3, 0.4) is 0 Å². The van der Waals surface area contributed by atoms with Gasteiger partial charge in [0.05, 0.1) is 5.52 Å². The van der Waals surface area contributed by atoms with E-state index in [2.05, 4.69) is 55.3 Å². The molecule has 0 unspecified atom stereocenters. The highest BCUT2D eigenvalue weighted by molar-refractivity contribution is 5.82. The second-order valence-corrected chi connectivity index (χ2v) is 4.96. The molecule has 0 bridgehead atoms. The summed E-state index contributed by atoms with van der Waals surface area (Å²) in [7, 11) is 0. The van der Waals surface area contributed by atoms with E-state index >= 15 is 0 Å². The molecule has 0 aliphatic rings.